The van der Waals surface area contributed by atoms with Gasteiger partial charge in [0.2, 0.25) is 0 Å². The van der Waals surface area contributed by atoms with Crippen LogP contribution in [0.3, 0.4) is 0 Å². The molecule has 9 heteroatoms. The Hall–Kier alpha value is -2.65. The topological polar surface area (TPSA) is 71.5 Å². The van der Waals surface area contributed by atoms with Gasteiger partial charge in [0.1, 0.15) is 27.4 Å². The lowest BCUT2D eigenvalue weighted by molar-refractivity contribution is 0.0691. The quantitative estimate of drug-likeness (QED) is 0.185. The van der Waals surface area contributed by atoms with Crippen LogP contribution in [-0.2, 0) is 0 Å². The molecule has 1 saturated carbocycles. The summed E-state index contributed by atoms with van der Waals surface area (Å²) < 4.78 is 37.4. The maximum absolute atomic E-state index is 15.1. The van der Waals surface area contributed by atoms with E-state index in [0.717, 1.165) is 48.4 Å². The largest absolute Gasteiger partial charge is 0.495 e. The van der Waals surface area contributed by atoms with Gasteiger partial charge in [0.05, 0.1) is 18.4 Å². The molecule has 2 N–H and O–H groups in total. The van der Waals surface area contributed by atoms with Crippen molar-refractivity contribution in [2.24, 2.45) is 5.92 Å². The molecule has 1 aliphatic carbocycles. The number of hydrogen-bond donors (Lipinski definition) is 2. The standard InChI is InChI=1S/C28H32F2N2O3S2/c1-3-4-5-6-17-7-9-18(10-8-17)19-11-12-20(22(29)13-19)27-31-26(16-36-27)37-32-24-15-23(30)21(28(33)34)14-25(24)35-2/h11-18,32H,3-10H2,1-2H3,(H,33,34). The Morgan fingerprint density at radius 2 is 1.95 bits per heavy atom. The molecular formula is C28H32F2N2O3S2. The summed E-state index contributed by atoms with van der Waals surface area (Å²) in [5.74, 6) is -1.09. The second kappa shape index (κ2) is 12.7. The number of nitrogens with one attached hydrogen (secondary N) is 1. The van der Waals surface area contributed by atoms with E-state index in [9.17, 15) is 9.18 Å². The van der Waals surface area contributed by atoms with Crippen molar-refractivity contribution in [3.63, 3.8) is 0 Å². The van der Waals surface area contributed by atoms with Crippen LogP contribution >= 0.6 is 23.3 Å². The number of carbonyl (C=O) groups is 1. The van der Waals surface area contributed by atoms with Crippen LogP contribution in [0.15, 0.2) is 40.7 Å². The Labute approximate surface area is 224 Å². The van der Waals surface area contributed by atoms with E-state index in [4.69, 9.17) is 9.84 Å². The number of carboxylic acids is 1. The Bertz CT molecular complexity index is 1230. The Morgan fingerprint density at radius 3 is 2.62 bits per heavy atom. The number of nitrogens with zero attached hydrogens (tertiary/aromatic N) is 1. The summed E-state index contributed by atoms with van der Waals surface area (Å²) in [6, 6.07) is 7.72. The first kappa shape index (κ1) is 27.4. The van der Waals surface area contributed by atoms with Gasteiger partial charge in [-0.3, -0.25) is 0 Å². The highest BCUT2D eigenvalue weighted by atomic mass is 32.2. The zero-order chi connectivity index (χ0) is 26.4. The minimum Gasteiger partial charge on any atom is -0.495 e. The molecule has 0 bridgehead atoms. The van der Waals surface area contributed by atoms with E-state index in [0.29, 0.717) is 21.5 Å². The highest BCUT2D eigenvalue weighted by molar-refractivity contribution is 8.00. The predicted molar refractivity (Wildman–Crippen MR) is 146 cm³/mol. The Morgan fingerprint density at radius 1 is 1.16 bits per heavy atom. The van der Waals surface area contributed by atoms with E-state index in [2.05, 4.69) is 16.6 Å². The smallest absolute Gasteiger partial charge is 0.338 e. The number of thiazole rings is 1. The van der Waals surface area contributed by atoms with Crippen LogP contribution in [0.1, 0.15) is 80.1 Å². The molecular weight excluding hydrogens is 514 g/mol. The van der Waals surface area contributed by atoms with Crippen molar-refractivity contribution in [3.05, 3.63) is 58.5 Å². The molecule has 0 amide bonds. The Kier molecular flexibility index (Phi) is 9.43. The number of unbranched alkanes of at least 4 members (excludes halogenated alkanes) is 2. The van der Waals surface area contributed by atoms with Crippen molar-refractivity contribution >= 4 is 34.9 Å². The number of anilines is 1. The molecule has 0 unspecified atom stereocenters. The van der Waals surface area contributed by atoms with Crippen LogP contribution in [-0.4, -0.2) is 23.2 Å². The molecule has 4 rings (SSSR count). The van der Waals surface area contributed by atoms with Crippen LogP contribution in [0, 0.1) is 17.6 Å². The lowest BCUT2D eigenvalue weighted by atomic mass is 9.77. The molecule has 198 valence electrons. The van der Waals surface area contributed by atoms with E-state index in [1.807, 2.05) is 12.1 Å². The molecule has 0 atom stereocenters. The summed E-state index contributed by atoms with van der Waals surface area (Å²) in [6.07, 6.45) is 9.91. The van der Waals surface area contributed by atoms with E-state index in [-0.39, 0.29) is 17.3 Å². The highest BCUT2D eigenvalue weighted by Gasteiger charge is 2.23. The van der Waals surface area contributed by atoms with Crippen LogP contribution in [0.2, 0.25) is 0 Å². The molecule has 0 aliphatic heterocycles. The number of carboxylic acid groups (broad SMARTS) is 1. The molecule has 0 radical (unpaired) electrons. The summed E-state index contributed by atoms with van der Waals surface area (Å²) in [5.41, 5.74) is 1.34. The molecule has 5 nitrogen and oxygen atoms in total. The van der Waals surface area contributed by atoms with E-state index in [1.165, 1.54) is 57.0 Å². The van der Waals surface area contributed by atoms with Crippen molar-refractivity contribution in [2.75, 3.05) is 11.8 Å². The van der Waals surface area contributed by atoms with Gasteiger partial charge in [-0.15, -0.1) is 11.3 Å². The fourth-order valence-electron chi connectivity index (χ4n) is 4.93. The summed E-state index contributed by atoms with van der Waals surface area (Å²) in [6.45, 7) is 2.24. The second-order valence-electron chi connectivity index (χ2n) is 9.49. The maximum Gasteiger partial charge on any atom is 0.338 e. The number of methoxy groups -OCH3 is 1. The van der Waals surface area contributed by atoms with Gasteiger partial charge in [-0.25, -0.2) is 18.6 Å². The Balaban J connectivity index is 1.38. The first-order valence-corrected chi connectivity index (χ1v) is 14.4. The van der Waals surface area contributed by atoms with E-state index < -0.39 is 17.3 Å². The summed E-state index contributed by atoms with van der Waals surface area (Å²) in [4.78, 5) is 15.7. The van der Waals surface area contributed by atoms with E-state index >= 15 is 4.39 Å². The molecule has 1 heterocycles. The van der Waals surface area contributed by atoms with Crippen molar-refractivity contribution in [2.45, 2.75) is 69.2 Å². The molecule has 3 aromatic rings. The lowest BCUT2D eigenvalue weighted by Crippen LogP contribution is -2.13. The van der Waals surface area contributed by atoms with Crippen LogP contribution in [0.25, 0.3) is 10.6 Å². The van der Waals surface area contributed by atoms with Gasteiger partial charge in [-0.05, 0) is 61.3 Å². The number of benzene rings is 2. The second-order valence-corrected chi connectivity index (χ2v) is 11.2. The van der Waals surface area contributed by atoms with Gasteiger partial charge >= 0.3 is 5.97 Å². The SMILES string of the molecule is CCCCCC1CCC(c2ccc(-c3nc(SNc4cc(F)c(C(=O)O)cc4OC)cs3)c(F)c2)CC1. The first-order chi connectivity index (χ1) is 17.9. The molecule has 2 aromatic carbocycles. The van der Waals surface area contributed by atoms with Gasteiger partial charge in [0.15, 0.2) is 0 Å². The maximum atomic E-state index is 15.1. The number of ether oxygens (including phenoxy) is 1. The van der Waals surface area contributed by atoms with Crippen molar-refractivity contribution < 1.29 is 23.4 Å². The average Bonchev–Trinajstić information content (AvgIpc) is 3.36. The molecule has 1 fully saturated rings. The van der Waals surface area contributed by atoms with Gasteiger partial charge in [-0.1, -0.05) is 38.7 Å². The van der Waals surface area contributed by atoms with Crippen molar-refractivity contribution in [3.8, 4) is 16.3 Å². The lowest BCUT2D eigenvalue weighted by Gasteiger charge is -2.29. The van der Waals surface area contributed by atoms with Crippen molar-refractivity contribution in [1.82, 2.24) is 4.98 Å². The minimum absolute atomic E-state index is 0.193. The zero-order valence-corrected chi connectivity index (χ0v) is 22.7. The normalized spacial score (nSPS) is 17.5. The van der Waals surface area contributed by atoms with Gasteiger partial charge in [0.25, 0.3) is 0 Å². The van der Waals surface area contributed by atoms with Crippen molar-refractivity contribution in [1.29, 1.82) is 0 Å². The number of aromatic carboxylic acids is 1. The summed E-state index contributed by atoms with van der Waals surface area (Å²) in [7, 11) is 1.38. The number of rotatable bonds is 11. The monoisotopic (exact) mass is 546 g/mol. The fourth-order valence-corrected chi connectivity index (χ4v) is 6.54. The molecule has 0 spiro atoms. The van der Waals surface area contributed by atoms with Gasteiger partial charge in [-0.2, -0.15) is 0 Å². The van der Waals surface area contributed by atoms with Crippen LogP contribution in [0.5, 0.6) is 5.75 Å². The number of hydrogen-bond acceptors (Lipinski definition) is 6. The number of halogens is 2. The fraction of sp³-hybridized carbons (Fsp3) is 0.429. The first-order valence-electron chi connectivity index (χ1n) is 12.7. The van der Waals surface area contributed by atoms with Gasteiger partial charge < -0.3 is 14.6 Å². The van der Waals surface area contributed by atoms with Gasteiger partial charge in [0, 0.05) is 29.0 Å². The van der Waals surface area contributed by atoms with E-state index in [1.54, 1.807) is 11.4 Å². The molecule has 37 heavy (non-hydrogen) atoms. The zero-order valence-electron chi connectivity index (χ0n) is 21.1. The third kappa shape index (κ3) is 6.82. The molecule has 0 saturated heterocycles. The average molecular weight is 547 g/mol. The highest BCUT2D eigenvalue weighted by Crippen LogP contribution is 2.40. The predicted octanol–water partition coefficient (Wildman–Crippen LogP) is 8.77. The third-order valence-corrected chi connectivity index (χ3v) is 8.79. The number of aromatic nitrogens is 1. The molecule has 1 aromatic heterocycles. The minimum atomic E-state index is -1.37. The summed E-state index contributed by atoms with van der Waals surface area (Å²) >= 11 is 2.44. The van der Waals surface area contributed by atoms with Crippen LogP contribution in [0.4, 0.5) is 14.5 Å². The molecule has 1 aliphatic rings. The summed E-state index contributed by atoms with van der Waals surface area (Å²) in [5, 5.41) is 12.0. The van der Waals surface area contributed by atoms with Crippen LogP contribution < -0.4 is 9.46 Å². The third-order valence-electron chi connectivity index (χ3n) is 7.03.